The predicted molar refractivity (Wildman–Crippen MR) is 128 cm³/mol. The first kappa shape index (κ1) is 21.2. The molecule has 168 valence electrons. The number of carbonyl (C=O) groups excluding carboxylic acids is 1. The highest BCUT2D eigenvalue weighted by atomic mass is 32.2. The summed E-state index contributed by atoms with van der Waals surface area (Å²) in [5.41, 5.74) is 2.76. The van der Waals surface area contributed by atoms with Crippen molar-refractivity contribution < 1.29 is 4.79 Å². The summed E-state index contributed by atoms with van der Waals surface area (Å²) in [5.74, 6) is 1.13. The largest absolute Gasteiger partial charge is 0.330 e. The molecule has 2 amide bonds. The summed E-state index contributed by atoms with van der Waals surface area (Å²) >= 11 is 0. The summed E-state index contributed by atoms with van der Waals surface area (Å²) in [6, 6.07) is 9.47. The van der Waals surface area contributed by atoms with Crippen molar-refractivity contribution in [2.24, 2.45) is 4.36 Å². The molecule has 1 aromatic rings. The van der Waals surface area contributed by atoms with Crippen molar-refractivity contribution in [3.05, 3.63) is 41.4 Å². The minimum atomic E-state index is 0.0947. The monoisotopic (exact) mass is 441 g/mol. The number of fused-ring (bicyclic) bond motifs is 2. The van der Waals surface area contributed by atoms with Gasteiger partial charge in [0, 0.05) is 62.5 Å². The molecule has 4 heterocycles. The Bertz CT molecular complexity index is 882. The van der Waals surface area contributed by atoms with Crippen molar-refractivity contribution in [2.45, 2.75) is 43.6 Å². The molecule has 4 aliphatic rings. The molecule has 0 bridgehead atoms. The fraction of sp³-hybridized carbons (Fsp3) is 0.625. The third-order valence-electron chi connectivity index (χ3n) is 7.75. The van der Waals surface area contributed by atoms with Crippen LogP contribution in [0.1, 0.15) is 37.7 Å². The van der Waals surface area contributed by atoms with E-state index in [-0.39, 0.29) is 22.1 Å². The molecule has 7 heteroatoms. The van der Waals surface area contributed by atoms with E-state index in [1.54, 1.807) is 4.90 Å². The van der Waals surface area contributed by atoms with Crippen LogP contribution in [0.4, 0.5) is 10.5 Å². The van der Waals surface area contributed by atoms with Crippen LogP contribution >= 0.6 is 0 Å². The topological polar surface area (TPSA) is 42.4 Å². The molecule has 0 aliphatic carbocycles. The first-order chi connectivity index (χ1) is 15.1. The average Bonchev–Trinajstić information content (AvgIpc) is 2.77. The lowest BCUT2D eigenvalue weighted by atomic mass is 9.67. The van der Waals surface area contributed by atoms with Crippen LogP contribution < -0.4 is 4.90 Å². The molecule has 5 rings (SSSR count). The molecular formula is C24H35N5OS. The van der Waals surface area contributed by atoms with Crippen LogP contribution in [0, 0.1) is 0 Å². The molecule has 4 aliphatic heterocycles. The van der Waals surface area contributed by atoms with Gasteiger partial charge < -0.3 is 9.80 Å². The zero-order chi connectivity index (χ0) is 21.4. The highest BCUT2D eigenvalue weighted by Crippen LogP contribution is 2.47. The van der Waals surface area contributed by atoms with Gasteiger partial charge in [0.05, 0.1) is 5.88 Å². The Labute approximate surface area is 189 Å². The molecule has 0 N–H and O–H groups in total. The molecule has 0 saturated carbocycles. The second-order valence-corrected chi connectivity index (χ2v) is 11.2. The lowest BCUT2D eigenvalue weighted by molar-refractivity contribution is 0.0701. The van der Waals surface area contributed by atoms with E-state index in [4.69, 9.17) is 0 Å². The fourth-order valence-corrected chi connectivity index (χ4v) is 6.92. The van der Waals surface area contributed by atoms with Gasteiger partial charge in [-0.3, -0.25) is 9.80 Å². The number of amides is 2. The number of piperidine rings is 2. The first-order valence-corrected chi connectivity index (χ1v) is 13.1. The Morgan fingerprint density at radius 1 is 1.10 bits per heavy atom. The van der Waals surface area contributed by atoms with Gasteiger partial charge in [0.25, 0.3) is 0 Å². The standard InChI is InChI=1S/C24H35N5OS/c1-26(2)23(30)29-17-11-24(21-5-3-4-6-22(21)29)9-15-28(16-10-24)20-7-13-27(14-8-20)19-31-18-12-25-31/h3-6,12,18,20H,7-11,13-17,19H2,1-2H3. The third kappa shape index (κ3) is 4.08. The summed E-state index contributed by atoms with van der Waals surface area (Å²) in [4.78, 5) is 21.8. The van der Waals surface area contributed by atoms with E-state index in [0.717, 1.165) is 30.6 Å². The Balaban J connectivity index is 1.22. The molecule has 1 unspecified atom stereocenters. The predicted octanol–water partition coefficient (Wildman–Crippen LogP) is 3.62. The van der Waals surface area contributed by atoms with E-state index >= 15 is 0 Å². The van der Waals surface area contributed by atoms with Crippen LogP contribution in [0.3, 0.4) is 0 Å². The number of likely N-dealkylation sites (tertiary alicyclic amines) is 2. The highest BCUT2D eigenvalue weighted by molar-refractivity contribution is 7.91. The Kier molecular flexibility index (Phi) is 5.92. The van der Waals surface area contributed by atoms with Gasteiger partial charge in [0.15, 0.2) is 0 Å². The van der Waals surface area contributed by atoms with Crippen molar-refractivity contribution in [2.75, 3.05) is 57.6 Å². The van der Waals surface area contributed by atoms with E-state index in [9.17, 15) is 4.79 Å². The van der Waals surface area contributed by atoms with E-state index in [2.05, 4.69) is 43.8 Å². The maximum Gasteiger partial charge on any atom is 0.323 e. The zero-order valence-corrected chi connectivity index (χ0v) is 19.7. The molecular weight excluding hydrogens is 406 g/mol. The summed E-state index contributed by atoms with van der Waals surface area (Å²) in [7, 11) is 3.87. The summed E-state index contributed by atoms with van der Waals surface area (Å²) in [5, 5.41) is 2.24. The molecule has 0 aromatic heterocycles. The third-order valence-corrected chi connectivity index (χ3v) is 9.21. The van der Waals surface area contributed by atoms with Crippen LogP contribution in [0.5, 0.6) is 0 Å². The van der Waals surface area contributed by atoms with Crippen LogP contribution in [0.25, 0.3) is 0 Å². The van der Waals surface area contributed by atoms with Crippen LogP contribution in [0.2, 0.25) is 0 Å². The molecule has 1 aromatic carbocycles. The number of anilines is 1. The smallest absolute Gasteiger partial charge is 0.323 e. The van der Waals surface area contributed by atoms with Crippen molar-refractivity contribution in [3.63, 3.8) is 0 Å². The zero-order valence-electron chi connectivity index (χ0n) is 18.9. The normalized spacial score (nSPS) is 26.3. The van der Waals surface area contributed by atoms with Crippen LogP contribution in [-0.2, 0) is 16.1 Å². The second kappa shape index (κ2) is 8.68. The second-order valence-electron chi connectivity index (χ2n) is 9.68. The van der Waals surface area contributed by atoms with Crippen LogP contribution in [0.15, 0.2) is 40.2 Å². The van der Waals surface area contributed by atoms with Crippen molar-refractivity contribution in [3.8, 4) is 0 Å². The average molecular weight is 442 g/mol. The highest BCUT2D eigenvalue weighted by Gasteiger charge is 2.43. The van der Waals surface area contributed by atoms with Crippen molar-refractivity contribution in [1.82, 2.24) is 14.7 Å². The molecule has 2 fully saturated rings. The van der Waals surface area contributed by atoms with E-state index in [0.29, 0.717) is 0 Å². The molecule has 2 saturated heterocycles. The Morgan fingerprint density at radius 2 is 1.77 bits per heavy atom. The van der Waals surface area contributed by atoms with Gasteiger partial charge in [-0.05, 0) is 56.8 Å². The summed E-state index contributed by atoms with van der Waals surface area (Å²) in [6.07, 6.45) is 8.02. The van der Waals surface area contributed by atoms with E-state index < -0.39 is 0 Å². The fourth-order valence-electron chi connectivity index (χ4n) is 5.84. The molecule has 1 spiro atoms. The van der Waals surface area contributed by atoms with Gasteiger partial charge in [-0.25, -0.2) is 9.16 Å². The van der Waals surface area contributed by atoms with Crippen molar-refractivity contribution >= 4 is 22.4 Å². The van der Waals surface area contributed by atoms with E-state index in [1.807, 2.05) is 25.2 Å². The molecule has 6 nitrogen and oxygen atoms in total. The summed E-state index contributed by atoms with van der Waals surface area (Å²) < 4.78 is 4.43. The number of benzene rings is 1. The lowest BCUT2D eigenvalue weighted by Gasteiger charge is -2.50. The number of hydrogen-bond donors (Lipinski definition) is 0. The van der Waals surface area contributed by atoms with Gasteiger partial charge >= 0.3 is 6.03 Å². The first-order valence-electron chi connectivity index (χ1n) is 11.7. The number of nitrogens with zero attached hydrogens (tertiary/aromatic N) is 5. The minimum Gasteiger partial charge on any atom is -0.330 e. The minimum absolute atomic E-state index is 0.0947. The van der Waals surface area contributed by atoms with Gasteiger partial charge in [0.1, 0.15) is 0 Å². The quantitative estimate of drug-likeness (QED) is 0.720. The lowest BCUT2D eigenvalue weighted by Crippen LogP contribution is -2.53. The Hall–Kier alpha value is -1.70. The molecule has 31 heavy (non-hydrogen) atoms. The number of carbonyl (C=O) groups is 1. The maximum absolute atomic E-state index is 12.7. The van der Waals surface area contributed by atoms with Gasteiger partial charge in [-0.1, -0.05) is 28.9 Å². The molecule has 1 atom stereocenters. The Morgan fingerprint density at radius 3 is 2.42 bits per heavy atom. The van der Waals surface area contributed by atoms with Gasteiger partial charge in [0.2, 0.25) is 0 Å². The summed E-state index contributed by atoms with van der Waals surface area (Å²) in [6.45, 7) is 5.62. The molecule has 0 radical (unpaired) electrons. The number of rotatable bonds is 3. The van der Waals surface area contributed by atoms with Crippen LogP contribution in [-0.4, -0.2) is 79.5 Å². The van der Waals surface area contributed by atoms with E-state index in [1.165, 1.54) is 57.4 Å². The van der Waals surface area contributed by atoms with Gasteiger partial charge in [-0.15, -0.1) is 0 Å². The SMILES string of the molecule is CN(C)C(=O)N1CCC2(CCN(C3CCN(CS4=NC=C4)CC3)CC2)c2ccccc21. The number of para-hydroxylation sites is 1. The van der Waals surface area contributed by atoms with Crippen molar-refractivity contribution in [1.29, 1.82) is 0 Å². The number of hydrogen-bond acceptors (Lipinski definition) is 4. The maximum atomic E-state index is 12.7. The number of urea groups is 1. The van der Waals surface area contributed by atoms with Gasteiger partial charge in [-0.2, -0.15) is 0 Å².